The molecule has 1 atom stereocenters. The Morgan fingerprint density at radius 1 is 1.07 bits per heavy atom. The first-order valence-corrected chi connectivity index (χ1v) is 9.62. The number of amides is 2. The van der Waals surface area contributed by atoms with E-state index in [1.54, 1.807) is 11.9 Å². The summed E-state index contributed by atoms with van der Waals surface area (Å²) in [6.45, 7) is 2.65. The van der Waals surface area contributed by atoms with Gasteiger partial charge in [-0.05, 0) is 48.7 Å². The Bertz CT molecular complexity index is 841. The molecule has 5 heteroatoms. The summed E-state index contributed by atoms with van der Waals surface area (Å²) in [5.74, 6) is 0.00692. The quantitative estimate of drug-likeness (QED) is 0.908. The number of hydrogen-bond acceptors (Lipinski definition) is 3. The third-order valence-electron chi connectivity index (χ3n) is 5.64. The molecule has 2 aromatic carbocycles. The summed E-state index contributed by atoms with van der Waals surface area (Å²) in [4.78, 5) is 28.9. The highest BCUT2D eigenvalue weighted by molar-refractivity contribution is 5.97. The van der Waals surface area contributed by atoms with Crippen LogP contribution in [0.3, 0.4) is 0 Å². The smallest absolute Gasteiger partial charge is 0.251 e. The maximum Gasteiger partial charge on any atom is 0.251 e. The molecule has 2 amide bonds. The van der Waals surface area contributed by atoms with Crippen molar-refractivity contribution >= 4 is 23.2 Å². The lowest BCUT2D eigenvalue weighted by Gasteiger charge is -2.31. The van der Waals surface area contributed by atoms with E-state index in [1.807, 2.05) is 48.5 Å². The minimum absolute atomic E-state index is 0.0118. The zero-order valence-corrected chi connectivity index (χ0v) is 15.6. The van der Waals surface area contributed by atoms with E-state index in [2.05, 4.69) is 10.2 Å². The maximum absolute atomic E-state index is 12.6. The van der Waals surface area contributed by atoms with E-state index in [0.29, 0.717) is 18.5 Å². The number of nitrogens with zero attached hydrogens (tertiary/aromatic N) is 2. The van der Waals surface area contributed by atoms with Gasteiger partial charge in [0.1, 0.15) is 0 Å². The van der Waals surface area contributed by atoms with Gasteiger partial charge in [-0.3, -0.25) is 9.59 Å². The second kappa shape index (κ2) is 7.43. The van der Waals surface area contributed by atoms with E-state index in [-0.39, 0.29) is 17.7 Å². The average molecular weight is 363 g/mol. The normalized spacial score (nSPS) is 19.1. The van der Waals surface area contributed by atoms with Crippen molar-refractivity contribution in [1.82, 2.24) is 5.32 Å². The van der Waals surface area contributed by atoms with Crippen LogP contribution in [0.15, 0.2) is 48.5 Å². The van der Waals surface area contributed by atoms with Crippen LogP contribution in [-0.4, -0.2) is 38.5 Å². The van der Waals surface area contributed by atoms with Gasteiger partial charge in [-0.1, -0.05) is 18.2 Å². The molecule has 2 aliphatic rings. The number of para-hydroxylation sites is 1. The highest BCUT2D eigenvalue weighted by Gasteiger charge is 2.29. The molecule has 0 bridgehead atoms. The van der Waals surface area contributed by atoms with Gasteiger partial charge in [0.2, 0.25) is 5.91 Å². The molecule has 0 saturated carbocycles. The van der Waals surface area contributed by atoms with Crippen LogP contribution in [-0.2, 0) is 4.79 Å². The Kier molecular flexibility index (Phi) is 4.84. The Labute approximate surface area is 160 Å². The van der Waals surface area contributed by atoms with E-state index in [4.69, 9.17) is 0 Å². The number of hydrogen-bond donors (Lipinski definition) is 1. The van der Waals surface area contributed by atoms with Crippen molar-refractivity contribution in [2.75, 3.05) is 36.5 Å². The summed E-state index contributed by atoms with van der Waals surface area (Å²) in [5.41, 5.74) is 3.89. The first-order valence-electron chi connectivity index (χ1n) is 9.62. The highest BCUT2D eigenvalue weighted by Crippen LogP contribution is 2.34. The molecule has 0 aromatic heterocycles. The van der Waals surface area contributed by atoms with E-state index < -0.39 is 0 Å². The van der Waals surface area contributed by atoms with Crippen LogP contribution in [0.1, 0.15) is 41.1 Å². The van der Waals surface area contributed by atoms with Crippen molar-refractivity contribution in [2.45, 2.75) is 25.2 Å². The van der Waals surface area contributed by atoms with Crippen LogP contribution >= 0.6 is 0 Å². The fourth-order valence-corrected chi connectivity index (χ4v) is 4.03. The van der Waals surface area contributed by atoms with E-state index >= 15 is 0 Å². The molecule has 1 saturated heterocycles. The Balaban J connectivity index is 1.42. The number of rotatable bonds is 4. The van der Waals surface area contributed by atoms with Gasteiger partial charge < -0.3 is 15.1 Å². The number of carbonyl (C=O) groups excluding carboxylic acids is 2. The monoisotopic (exact) mass is 363 g/mol. The Hall–Kier alpha value is -2.82. The molecule has 2 heterocycles. The maximum atomic E-state index is 12.6. The van der Waals surface area contributed by atoms with E-state index in [9.17, 15) is 9.59 Å². The second-order valence-electron chi connectivity index (χ2n) is 7.36. The summed E-state index contributed by atoms with van der Waals surface area (Å²) in [6, 6.07) is 15.7. The molecule has 2 aromatic rings. The van der Waals surface area contributed by atoms with E-state index in [0.717, 1.165) is 24.3 Å². The number of anilines is 2. The minimum Gasteiger partial charge on any atom is -0.372 e. The molecular weight excluding hydrogens is 338 g/mol. The Morgan fingerprint density at radius 3 is 2.52 bits per heavy atom. The molecule has 2 aliphatic heterocycles. The van der Waals surface area contributed by atoms with Crippen molar-refractivity contribution < 1.29 is 9.59 Å². The molecular formula is C22H25N3O2. The fraction of sp³-hybridized carbons (Fsp3) is 0.364. The van der Waals surface area contributed by atoms with Crippen molar-refractivity contribution in [3.63, 3.8) is 0 Å². The number of nitrogens with one attached hydrogen (secondary N) is 1. The zero-order chi connectivity index (χ0) is 18.8. The zero-order valence-electron chi connectivity index (χ0n) is 15.6. The molecule has 4 rings (SSSR count). The average Bonchev–Trinajstić information content (AvgIpc) is 3.24. The molecule has 5 nitrogen and oxygen atoms in total. The topological polar surface area (TPSA) is 52.7 Å². The van der Waals surface area contributed by atoms with E-state index in [1.165, 1.54) is 18.5 Å². The molecule has 27 heavy (non-hydrogen) atoms. The van der Waals surface area contributed by atoms with Crippen LogP contribution < -0.4 is 15.1 Å². The highest BCUT2D eigenvalue weighted by atomic mass is 16.2. The van der Waals surface area contributed by atoms with Gasteiger partial charge in [0, 0.05) is 56.0 Å². The molecule has 0 spiro atoms. The van der Waals surface area contributed by atoms with Gasteiger partial charge >= 0.3 is 0 Å². The number of carbonyl (C=O) groups is 2. The first-order chi connectivity index (χ1) is 13.1. The SMILES string of the molecule is CN1C(=O)CC(CNC(=O)c2ccc(N3CCCC3)cc2)c2ccccc21. The standard InChI is InChI=1S/C22H25N3O2/c1-24-20-7-3-2-6-19(20)17(14-21(24)26)15-23-22(27)16-8-10-18(11-9-16)25-12-4-5-13-25/h2-3,6-11,17H,4-5,12-15H2,1H3,(H,23,27). The molecule has 140 valence electrons. The molecule has 1 unspecified atom stereocenters. The summed E-state index contributed by atoms with van der Waals surface area (Å²) in [7, 11) is 1.80. The molecule has 0 radical (unpaired) electrons. The molecule has 0 aliphatic carbocycles. The third kappa shape index (κ3) is 3.54. The van der Waals surface area contributed by atoms with Gasteiger partial charge in [-0.25, -0.2) is 0 Å². The van der Waals surface area contributed by atoms with Gasteiger partial charge in [0.25, 0.3) is 5.91 Å². The third-order valence-corrected chi connectivity index (χ3v) is 5.64. The van der Waals surface area contributed by atoms with Gasteiger partial charge in [0.15, 0.2) is 0 Å². The largest absolute Gasteiger partial charge is 0.372 e. The first kappa shape index (κ1) is 17.6. The van der Waals surface area contributed by atoms with Gasteiger partial charge in [0.05, 0.1) is 0 Å². The van der Waals surface area contributed by atoms with Crippen LogP contribution in [0, 0.1) is 0 Å². The lowest BCUT2D eigenvalue weighted by molar-refractivity contribution is -0.119. The van der Waals surface area contributed by atoms with Gasteiger partial charge in [-0.2, -0.15) is 0 Å². The summed E-state index contributed by atoms with van der Waals surface area (Å²) in [5, 5.41) is 3.01. The van der Waals surface area contributed by atoms with Gasteiger partial charge in [-0.15, -0.1) is 0 Å². The fourth-order valence-electron chi connectivity index (χ4n) is 4.03. The van der Waals surface area contributed by atoms with Crippen LogP contribution in [0.2, 0.25) is 0 Å². The minimum atomic E-state index is -0.0909. The number of fused-ring (bicyclic) bond motifs is 1. The van der Waals surface area contributed by atoms with Crippen LogP contribution in [0.4, 0.5) is 11.4 Å². The van der Waals surface area contributed by atoms with Crippen LogP contribution in [0.25, 0.3) is 0 Å². The summed E-state index contributed by atoms with van der Waals surface area (Å²) in [6.07, 6.45) is 2.89. The van der Waals surface area contributed by atoms with Crippen LogP contribution in [0.5, 0.6) is 0 Å². The van der Waals surface area contributed by atoms with Crippen molar-refractivity contribution in [3.8, 4) is 0 Å². The lowest BCUT2D eigenvalue weighted by Crippen LogP contribution is -2.37. The summed E-state index contributed by atoms with van der Waals surface area (Å²) < 4.78 is 0. The predicted molar refractivity (Wildman–Crippen MR) is 107 cm³/mol. The van der Waals surface area contributed by atoms with Crippen molar-refractivity contribution in [3.05, 3.63) is 59.7 Å². The number of benzene rings is 2. The second-order valence-corrected chi connectivity index (χ2v) is 7.36. The summed E-state index contributed by atoms with van der Waals surface area (Å²) >= 11 is 0. The molecule has 1 fully saturated rings. The predicted octanol–water partition coefficient (Wildman–Crippen LogP) is 3.17. The lowest BCUT2D eigenvalue weighted by atomic mass is 9.89. The van der Waals surface area contributed by atoms with Crippen molar-refractivity contribution in [2.24, 2.45) is 0 Å². The Morgan fingerprint density at radius 2 is 1.78 bits per heavy atom. The van der Waals surface area contributed by atoms with Crippen molar-refractivity contribution in [1.29, 1.82) is 0 Å². The molecule has 1 N–H and O–H groups in total.